The van der Waals surface area contributed by atoms with E-state index in [2.05, 4.69) is 21.2 Å². The molecule has 0 aliphatic rings. The first-order chi connectivity index (χ1) is 11.6. The van der Waals surface area contributed by atoms with Crippen LogP contribution in [0.15, 0.2) is 46.9 Å². The Balaban J connectivity index is 1.77. The number of rotatable bonds is 8. The van der Waals surface area contributed by atoms with Gasteiger partial charge in [0, 0.05) is 22.7 Å². The van der Waals surface area contributed by atoms with Crippen LogP contribution < -0.4 is 19.5 Å². The average Bonchev–Trinajstić information content (AvgIpc) is 2.58. The molecule has 0 bridgehead atoms. The molecular formula is C18H20BrNO4. The van der Waals surface area contributed by atoms with Crippen molar-refractivity contribution in [1.29, 1.82) is 0 Å². The number of carbonyl (C=O) groups excluding carboxylic acids is 1. The minimum absolute atomic E-state index is 0.0417. The molecule has 0 aromatic heterocycles. The summed E-state index contributed by atoms with van der Waals surface area (Å²) in [4.78, 5) is 11.9. The van der Waals surface area contributed by atoms with Gasteiger partial charge in [-0.1, -0.05) is 28.1 Å². The predicted octanol–water partition coefficient (Wildman–Crippen LogP) is 3.20. The first-order valence-electron chi connectivity index (χ1n) is 7.47. The summed E-state index contributed by atoms with van der Waals surface area (Å²) in [7, 11) is 3.17. The van der Waals surface area contributed by atoms with Gasteiger partial charge in [0.2, 0.25) is 5.91 Å². The molecule has 1 N–H and O–H groups in total. The summed E-state index contributed by atoms with van der Waals surface area (Å²) in [5, 5.41) is 2.84. The summed E-state index contributed by atoms with van der Waals surface area (Å²) >= 11 is 3.39. The van der Waals surface area contributed by atoms with E-state index in [0.717, 1.165) is 10.0 Å². The molecule has 0 saturated heterocycles. The van der Waals surface area contributed by atoms with Crippen LogP contribution in [0.2, 0.25) is 0 Å². The normalized spacial score (nSPS) is 10.1. The van der Waals surface area contributed by atoms with Crippen molar-refractivity contribution < 1.29 is 19.0 Å². The van der Waals surface area contributed by atoms with E-state index in [0.29, 0.717) is 36.8 Å². The van der Waals surface area contributed by atoms with Crippen molar-refractivity contribution >= 4 is 21.8 Å². The maximum atomic E-state index is 11.9. The average molecular weight is 394 g/mol. The van der Waals surface area contributed by atoms with Gasteiger partial charge in [-0.2, -0.15) is 0 Å². The lowest BCUT2D eigenvalue weighted by Gasteiger charge is -2.11. The van der Waals surface area contributed by atoms with E-state index in [-0.39, 0.29) is 5.91 Å². The fraction of sp³-hybridized carbons (Fsp3) is 0.278. The third-order valence-corrected chi connectivity index (χ3v) is 3.76. The summed E-state index contributed by atoms with van der Waals surface area (Å²) in [5.74, 6) is 1.90. The molecule has 128 valence electrons. The maximum Gasteiger partial charge on any atom is 0.224 e. The molecule has 5 nitrogen and oxygen atoms in total. The minimum atomic E-state index is -0.0417. The Bertz CT molecular complexity index is 668. The molecule has 0 atom stereocenters. The Labute approximate surface area is 150 Å². The Kier molecular flexibility index (Phi) is 6.93. The molecule has 24 heavy (non-hydrogen) atoms. The van der Waals surface area contributed by atoms with Gasteiger partial charge in [0.1, 0.15) is 23.9 Å². The fourth-order valence-corrected chi connectivity index (χ4v) is 2.57. The van der Waals surface area contributed by atoms with Crippen LogP contribution >= 0.6 is 15.9 Å². The van der Waals surface area contributed by atoms with E-state index in [9.17, 15) is 4.79 Å². The molecule has 0 radical (unpaired) electrons. The van der Waals surface area contributed by atoms with Gasteiger partial charge < -0.3 is 19.5 Å². The second-order valence-corrected chi connectivity index (χ2v) is 5.97. The van der Waals surface area contributed by atoms with Gasteiger partial charge in [-0.25, -0.2) is 0 Å². The van der Waals surface area contributed by atoms with Crippen LogP contribution in [0.4, 0.5) is 0 Å². The summed E-state index contributed by atoms with van der Waals surface area (Å²) < 4.78 is 17.0. The van der Waals surface area contributed by atoms with Crippen molar-refractivity contribution in [3.05, 3.63) is 52.5 Å². The number of benzene rings is 2. The lowest BCUT2D eigenvalue weighted by atomic mass is 10.1. The molecule has 0 fully saturated rings. The zero-order valence-electron chi connectivity index (χ0n) is 13.7. The molecular weight excluding hydrogens is 374 g/mol. The summed E-state index contributed by atoms with van der Waals surface area (Å²) in [5.41, 5.74) is 0.959. The summed E-state index contributed by atoms with van der Waals surface area (Å²) in [6.45, 7) is 0.785. The third-order valence-electron chi connectivity index (χ3n) is 3.27. The zero-order valence-corrected chi connectivity index (χ0v) is 15.3. The summed E-state index contributed by atoms with van der Waals surface area (Å²) in [6, 6.07) is 13.0. The molecule has 2 rings (SSSR count). The highest BCUT2D eigenvalue weighted by Gasteiger charge is 2.05. The van der Waals surface area contributed by atoms with E-state index in [1.807, 2.05) is 24.3 Å². The van der Waals surface area contributed by atoms with Crippen LogP contribution in [0.3, 0.4) is 0 Å². The molecule has 2 aromatic rings. The van der Waals surface area contributed by atoms with Gasteiger partial charge in [-0.05, 0) is 17.7 Å². The number of amides is 1. The molecule has 1 amide bonds. The minimum Gasteiger partial charge on any atom is -0.496 e. The van der Waals surface area contributed by atoms with Gasteiger partial charge in [0.05, 0.1) is 27.2 Å². The Morgan fingerprint density at radius 2 is 1.71 bits per heavy atom. The second-order valence-electron chi connectivity index (χ2n) is 5.05. The first-order valence-corrected chi connectivity index (χ1v) is 8.27. The smallest absolute Gasteiger partial charge is 0.224 e. The quantitative estimate of drug-likeness (QED) is 0.699. The highest BCUT2D eigenvalue weighted by molar-refractivity contribution is 9.10. The largest absolute Gasteiger partial charge is 0.496 e. The Morgan fingerprint density at radius 1 is 1.04 bits per heavy atom. The highest BCUT2D eigenvalue weighted by atomic mass is 79.9. The molecule has 0 unspecified atom stereocenters. The molecule has 0 heterocycles. The van der Waals surface area contributed by atoms with Crippen LogP contribution in [0, 0.1) is 0 Å². The number of hydrogen-bond acceptors (Lipinski definition) is 4. The van der Waals surface area contributed by atoms with Crippen LogP contribution in [0.25, 0.3) is 0 Å². The maximum absolute atomic E-state index is 11.9. The number of hydrogen-bond donors (Lipinski definition) is 1. The van der Waals surface area contributed by atoms with Crippen LogP contribution in [-0.4, -0.2) is 33.3 Å². The van der Waals surface area contributed by atoms with Crippen LogP contribution in [-0.2, 0) is 11.2 Å². The van der Waals surface area contributed by atoms with Gasteiger partial charge >= 0.3 is 0 Å². The Morgan fingerprint density at radius 3 is 2.33 bits per heavy atom. The van der Waals surface area contributed by atoms with Gasteiger partial charge in [0.25, 0.3) is 0 Å². The van der Waals surface area contributed by atoms with Crippen molar-refractivity contribution in [2.45, 2.75) is 6.42 Å². The van der Waals surface area contributed by atoms with E-state index < -0.39 is 0 Å². The van der Waals surface area contributed by atoms with E-state index in [1.54, 1.807) is 32.4 Å². The number of methoxy groups -OCH3 is 2. The van der Waals surface area contributed by atoms with E-state index >= 15 is 0 Å². The standard InChI is InChI=1S/C18H20BrNO4/c1-22-15-10-16(23-2)12-17(11-15)24-7-6-20-18(21)9-13-4-3-5-14(19)8-13/h3-5,8,10-12H,6-7,9H2,1-2H3,(H,20,21). The topological polar surface area (TPSA) is 56.8 Å². The van der Waals surface area contributed by atoms with E-state index in [1.165, 1.54) is 0 Å². The number of ether oxygens (including phenoxy) is 3. The van der Waals surface area contributed by atoms with Crippen molar-refractivity contribution in [2.75, 3.05) is 27.4 Å². The second kappa shape index (κ2) is 9.17. The lowest BCUT2D eigenvalue weighted by Crippen LogP contribution is -2.29. The molecule has 2 aromatic carbocycles. The summed E-state index contributed by atoms with van der Waals surface area (Å²) in [6.07, 6.45) is 0.340. The van der Waals surface area contributed by atoms with Gasteiger partial charge in [-0.15, -0.1) is 0 Å². The highest BCUT2D eigenvalue weighted by Crippen LogP contribution is 2.27. The number of nitrogens with one attached hydrogen (secondary N) is 1. The van der Waals surface area contributed by atoms with E-state index in [4.69, 9.17) is 14.2 Å². The fourth-order valence-electron chi connectivity index (χ4n) is 2.12. The zero-order chi connectivity index (χ0) is 17.4. The Hall–Kier alpha value is -2.21. The lowest BCUT2D eigenvalue weighted by molar-refractivity contribution is -0.120. The number of carbonyl (C=O) groups is 1. The van der Waals surface area contributed by atoms with Crippen LogP contribution in [0.5, 0.6) is 17.2 Å². The van der Waals surface area contributed by atoms with Crippen molar-refractivity contribution in [3.8, 4) is 17.2 Å². The van der Waals surface area contributed by atoms with Crippen molar-refractivity contribution in [1.82, 2.24) is 5.32 Å². The van der Waals surface area contributed by atoms with Crippen LogP contribution in [0.1, 0.15) is 5.56 Å². The molecule has 6 heteroatoms. The molecule has 0 aliphatic carbocycles. The monoisotopic (exact) mass is 393 g/mol. The first kappa shape index (κ1) is 18.1. The predicted molar refractivity (Wildman–Crippen MR) is 95.9 cm³/mol. The third kappa shape index (κ3) is 5.77. The molecule has 0 spiro atoms. The van der Waals surface area contributed by atoms with Gasteiger partial charge in [0.15, 0.2) is 0 Å². The molecule has 0 saturated carbocycles. The van der Waals surface area contributed by atoms with Gasteiger partial charge in [-0.3, -0.25) is 4.79 Å². The number of halogens is 1. The molecule has 0 aliphatic heterocycles. The van der Waals surface area contributed by atoms with Crippen molar-refractivity contribution in [3.63, 3.8) is 0 Å². The van der Waals surface area contributed by atoms with Crippen molar-refractivity contribution in [2.24, 2.45) is 0 Å². The SMILES string of the molecule is COc1cc(OC)cc(OCCNC(=O)Cc2cccc(Br)c2)c1.